The van der Waals surface area contributed by atoms with Crippen molar-refractivity contribution < 1.29 is 13.9 Å². The van der Waals surface area contributed by atoms with E-state index in [0.29, 0.717) is 12.8 Å². The molecule has 1 N–H and O–H groups in total. The lowest BCUT2D eigenvalue weighted by molar-refractivity contribution is -0.146. The number of halogens is 1. The molecule has 0 spiro atoms. The van der Waals surface area contributed by atoms with Crippen molar-refractivity contribution in [1.82, 2.24) is 0 Å². The van der Waals surface area contributed by atoms with Crippen molar-refractivity contribution in [3.8, 4) is 0 Å². The van der Waals surface area contributed by atoms with E-state index in [1.807, 2.05) is 13.8 Å². The first-order chi connectivity index (χ1) is 9.07. The van der Waals surface area contributed by atoms with Gasteiger partial charge in [-0.05, 0) is 37.1 Å². The summed E-state index contributed by atoms with van der Waals surface area (Å²) in [7, 11) is 1.40. The van der Waals surface area contributed by atoms with Crippen molar-refractivity contribution in [2.75, 3.05) is 12.4 Å². The SMILES string of the molecule is CCCC(CCC)(Nc1ccc(F)cc1)C(=O)OC. The standard InChI is InChI=1S/C15H22FNO2/c1-4-10-15(11-5-2,14(18)19-3)17-13-8-6-12(16)7-9-13/h6-9,17H,4-5,10-11H2,1-3H3. The summed E-state index contributed by atoms with van der Waals surface area (Å²) >= 11 is 0. The van der Waals surface area contributed by atoms with E-state index in [1.54, 1.807) is 12.1 Å². The van der Waals surface area contributed by atoms with Gasteiger partial charge < -0.3 is 10.1 Å². The van der Waals surface area contributed by atoms with Crippen molar-refractivity contribution in [1.29, 1.82) is 0 Å². The van der Waals surface area contributed by atoms with Crippen molar-refractivity contribution in [2.45, 2.75) is 45.1 Å². The minimum atomic E-state index is -0.726. The molecule has 0 amide bonds. The van der Waals surface area contributed by atoms with Crippen LogP contribution in [0, 0.1) is 5.82 Å². The molecule has 0 saturated heterocycles. The average Bonchev–Trinajstić information content (AvgIpc) is 2.41. The third kappa shape index (κ3) is 3.94. The van der Waals surface area contributed by atoms with Gasteiger partial charge in [-0.25, -0.2) is 9.18 Å². The third-order valence-electron chi connectivity index (χ3n) is 3.16. The Morgan fingerprint density at radius 3 is 2.16 bits per heavy atom. The maximum atomic E-state index is 12.9. The Morgan fingerprint density at radius 2 is 1.74 bits per heavy atom. The summed E-state index contributed by atoms with van der Waals surface area (Å²) in [6.07, 6.45) is 3.10. The van der Waals surface area contributed by atoms with E-state index in [2.05, 4.69) is 5.32 Å². The van der Waals surface area contributed by atoms with Crippen molar-refractivity contribution in [3.63, 3.8) is 0 Å². The number of nitrogens with one attached hydrogen (secondary N) is 1. The van der Waals surface area contributed by atoms with Crippen molar-refractivity contribution >= 4 is 11.7 Å². The van der Waals surface area contributed by atoms with Crippen LogP contribution in [-0.4, -0.2) is 18.6 Å². The first-order valence-corrected chi connectivity index (χ1v) is 6.70. The number of hydrogen-bond acceptors (Lipinski definition) is 3. The molecule has 0 saturated carbocycles. The molecule has 0 aliphatic heterocycles. The fourth-order valence-corrected chi connectivity index (χ4v) is 2.36. The first-order valence-electron chi connectivity index (χ1n) is 6.70. The van der Waals surface area contributed by atoms with E-state index in [9.17, 15) is 9.18 Å². The number of carbonyl (C=O) groups excluding carboxylic acids is 1. The molecule has 0 aliphatic carbocycles. The van der Waals surface area contributed by atoms with Gasteiger partial charge in [0.1, 0.15) is 11.4 Å². The molecule has 0 heterocycles. The van der Waals surface area contributed by atoms with Crippen LogP contribution in [0.4, 0.5) is 10.1 Å². The van der Waals surface area contributed by atoms with Gasteiger partial charge in [0.2, 0.25) is 0 Å². The maximum absolute atomic E-state index is 12.9. The van der Waals surface area contributed by atoms with Crippen LogP contribution in [0.25, 0.3) is 0 Å². The van der Waals surface area contributed by atoms with Crippen LogP contribution >= 0.6 is 0 Å². The Hall–Kier alpha value is -1.58. The third-order valence-corrected chi connectivity index (χ3v) is 3.16. The second-order valence-electron chi connectivity index (χ2n) is 4.71. The number of ether oxygens (including phenoxy) is 1. The number of benzene rings is 1. The normalized spacial score (nSPS) is 11.2. The minimum Gasteiger partial charge on any atom is -0.467 e. The van der Waals surface area contributed by atoms with Gasteiger partial charge in [0.05, 0.1) is 7.11 Å². The van der Waals surface area contributed by atoms with Gasteiger partial charge in [-0.15, -0.1) is 0 Å². The summed E-state index contributed by atoms with van der Waals surface area (Å²) in [5, 5.41) is 3.23. The smallest absolute Gasteiger partial charge is 0.331 e. The van der Waals surface area contributed by atoms with Crippen molar-refractivity contribution in [3.05, 3.63) is 30.1 Å². The summed E-state index contributed by atoms with van der Waals surface area (Å²) in [5.74, 6) is -0.555. The predicted molar refractivity (Wildman–Crippen MR) is 74.6 cm³/mol. The zero-order valence-electron chi connectivity index (χ0n) is 11.8. The zero-order chi connectivity index (χ0) is 14.3. The summed E-state index contributed by atoms with van der Waals surface area (Å²) in [4.78, 5) is 12.1. The molecule has 1 aromatic carbocycles. The number of anilines is 1. The number of carbonyl (C=O) groups is 1. The Bertz CT molecular complexity index is 397. The van der Waals surface area contributed by atoms with Gasteiger partial charge in [-0.1, -0.05) is 26.7 Å². The van der Waals surface area contributed by atoms with Gasteiger partial charge in [-0.3, -0.25) is 0 Å². The van der Waals surface area contributed by atoms with E-state index >= 15 is 0 Å². The minimum absolute atomic E-state index is 0.263. The van der Waals surface area contributed by atoms with Crippen LogP contribution in [0.5, 0.6) is 0 Å². The van der Waals surface area contributed by atoms with Gasteiger partial charge in [-0.2, -0.15) is 0 Å². The molecule has 0 unspecified atom stereocenters. The number of rotatable bonds is 7. The lowest BCUT2D eigenvalue weighted by Crippen LogP contribution is -2.47. The van der Waals surface area contributed by atoms with E-state index in [-0.39, 0.29) is 11.8 Å². The van der Waals surface area contributed by atoms with E-state index in [0.717, 1.165) is 18.5 Å². The summed E-state index contributed by atoms with van der Waals surface area (Å²) < 4.78 is 17.9. The van der Waals surface area contributed by atoms with Gasteiger partial charge in [0, 0.05) is 5.69 Å². The molecule has 0 atom stereocenters. The number of hydrogen-bond donors (Lipinski definition) is 1. The van der Waals surface area contributed by atoms with Crippen LogP contribution in [0.2, 0.25) is 0 Å². The lowest BCUT2D eigenvalue weighted by atomic mass is 9.88. The molecule has 1 aromatic rings. The first kappa shape index (κ1) is 15.5. The Labute approximate surface area is 114 Å². The van der Waals surface area contributed by atoms with E-state index in [4.69, 9.17) is 4.74 Å². The topological polar surface area (TPSA) is 38.3 Å². The highest BCUT2D eigenvalue weighted by molar-refractivity contribution is 5.84. The molecule has 19 heavy (non-hydrogen) atoms. The largest absolute Gasteiger partial charge is 0.467 e. The quantitative estimate of drug-likeness (QED) is 0.765. The van der Waals surface area contributed by atoms with Crippen LogP contribution in [0.1, 0.15) is 39.5 Å². The molecule has 0 bridgehead atoms. The van der Waals surface area contributed by atoms with Crippen LogP contribution in [-0.2, 0) is 9.53 Å². The van der Waals surface area contributed by atoms with Crippen LogP contribution in [0.15, 0.2) is 24.3 Å². The highest BCUT2D eigenvalue weighted by Crippen LogP contribution is 2.27. The summed E-state index contributed by atoms with van der Waals surface area (Å²) in [6, 6.07) is 6.03. The second kappa shape index (κ2) is 7.12. The molecule has 3 nitrogen and oxygen atoms in total. The highest BCUT2D eigenvalue weighted by atomic mass is 19.1. The maximum Gasteiger partial charge on any atom is 0.331 e. The lowest BCUT2D eigenvalue weighted by Gasteiger charge is -2.32. The number of methoxy groups -OCH3 is 1. The predicted octanol–water partition coefficient (Wildman–Crippen LogP) is 3.75. The molecule has 0 radical (unpaired) electrons. The van der Waals surface area contributed by atoms with E-state index in [1.165, 1.54) is 19.2 Å². The fourth-order valence-electron chi connectivity index (χ4n) is 2.36. The molecular formula is C15H22FNO2. The Balaban J connectivity index is 3.00. The van der Waals surface area contributed by atoms with Gasteiger partial charge in [0.25, 0.3) is 0 Å². The second-order valence-corrected chi connectivity index (χ2v) is 4.71. The van der Waals surface area contributed by atoms with Crippen LogP contribution < -0.4 is 5.32 Å². The average molecular weight is 267 g/mol. The summed E-state index contributed by atoms with van der Waals surface area (Å²) in [6.45, 7) is 4.05. The van der Waals surface area contributed by atoms with Crippen LogP contribution in [0.3, 0.4) is 0 Å². The number of esters is 1. The molecule has 0 aromatic heterocycles. The molecular weight excluding hydrogens is 245 g/mol. The molecule has 0 fully saturated rings. The summed E-state index contributed by atoms with van der Waals surface area (Å²) in [5.41, 5.74) is 0.00417. The monoisotopic (exact) mass is 267 g/mol. The Morgan fingerprint density at radius 1 is 1.21 bits per heavy atom. The molecule has 1 rings (SSSR count). The van der Waals surface area contributed by atoms with Gasteiger partial charge >= 0.3 is 5.97 Å². The highest BCUT2D eigenvalue weighted by Gasteiger charge is 2.37. The zero-order valence-corrected chi connectivity index (χ0v) is 11.8. The molecule has 0 aliphatic rings. The fraction of sp³-hybridized carbons (Fsp3) is 0.533. The van der Waals surface area contributed by atoms with E-state index < -0.39 is 5.54 Å². The molecule has 4 heteroatoms. The Kier molecular flexibility index (Phi) is 5.80. The molecule has 106 valence electrons. The van der Waals surface area contributed by atoms with Crippen molar-refractivity contribution in [2.24, 2.45) is 0 Å². The van der Waals surface area contributed by atoms with Gasteiger partial charge in [0.15, 0.2) is 0 Å².